The van der Waals surface area contributed by atoms with Crippen molar-refractivity contribution < 1.29 is 0 Å². The molecule has 0 fully saturated rings. The van der Waals surface area contributed by atoms with Crippen molar-refractivity contribution in [2.45, 2.75) is 58.8 Å². The van der Waals surface area contributed by atoms with Crippen LogP contribution in [0, 0.1) is 11.3 Å². The Hall–Kier alpha value is -1.29. The van der Waals surface area contributed by atoms with E-state index >= 15 is 0 Å². The molecule has 0 unspecified atom stereocenters. The Balaban J connectivity index is 3.20. The summed E-state index contributed by atoms with van der Waals surface area (Å²) in [4.78, 5) is 0. The van der Waals surface area contributed by atoms with Crippen LogP contribution in [0.25, 0.3) is 0 Å². The standard InChI is InChI=1S/C16H23N/c1-5-8-13-11-15(10-9-14(13)12-17)16(4,6-2)7-3/h9-11H,5-8H2,1-4H3. The van der Waals surface area contributed by atoms with E-state index in [9.17, 15) is 0 Å². The van der Waals surface area contributed by atoms with Crippen LogP contribution in [0.5, 0.6) is 0 Å². The molecule has 0 saturated carbocycles. The van der Waals surface area contributed by atoms with Gasteiger partial charge in [-0.25, -0.2) is 0 Å². The summed E-state index contributed by atoms with van der Waals surface area (Å²) in [5.74, 6) is 0. The van der Waals surface area contributed by atoms with Gasteiger partial charge < -0.3 is 0 Å². The maximum absolute atomic E-state index is 9.10. The van der Waals surface area contributed by atoms with Crippen molar-refractivity contribution in [3.05, 3.63) is 34.9 Å². The molecule has 1 rings (SSSR count). The molecular formula is C16H23N. The van der Waals surface area contributed by atoms with Crippen LogP contribution >= 0.6 is 0 Å². The van der Waals surface area contributed by atoms with Crippen molar-refractivity contribution in [1.29, 1.82) is 5.26 Å². The van der Waals surface area contributed by atoms with E-state index in [1.165, 1.54) is 11.1 Å². The Morgan fingerprint density at radius 2 is 1.82 bits per heavy atom. The number of hydrogen-bond donors (Lipinski definition) is 0. The van der Waals surface area contributed by atoms with Gasteiger partial charge >= 0.3 is 0 Å². The minimum atomic E-state index is 0.247. The van der Waals surface area contributed by atoms with E-state index in [4.69, 9.17) is 5.26 Å². The summed E-state index contributed by atoms with van der Waals surface area (Å²) in [5.41, 5.74) is 3.67. The van der Waals surface area contributed by atoms with Crippen LogP contribution in [0.1, 0.15) is 63.6 Å². The monoisotopic (exact) mass is 229 g/mol. The summed E-state index contributed by atoms with van der Waals surface area (Å²) >= 11 is 0. The van der Waals surface area contributed by atoms with Gasteiger partial charge in [0.05, 0.1) is 11.6 Å². The second-order valence-corrected chi connectivity index (χ2v) is 5.00. The number of hydrogen-bond acceptors (Lipinski definition) is 1. The first-order valence-corrected chi connectivity index (χ1v) is 6.64. The van der Waals surface area contributed by atoms with E-state index in [1.807, 2.05) is 6.07 Å². The number of rotatable bonds is 5. The van der Waals surface area contributed by atoms with Crippen molar-refractivity contribution in [2.75, 3.05) is 0 Å². The molecule has 1 aromatic rings. The van der Waals surface area contributed by atoms with Gasteiger partial charge in [0.15, 0.2) is 0 Å². The van der Waals surface area contributed by atoms with Gasteiger partial charge in [-0.1, -0.05) is 46.2 Å². The molecule has 0 heterocycles. The molecule has 0 bridgehead atoms. The Labute approximate surface area is 105 Å². The average Bonchev–Trinajstić information content (AvgIpc) is 2.38. The lowest BCUT2D eigenvalue weighted by atomic mass is 9.77. The zero-order chi connectivity index (χ0) is 12.9. The average molecular weight is 229 g/mol. The van der Waals surface area contributed by atoms with Gasteiger partial charge in [0.2, 0.25) is 0 Å². The third-order valence-corrected chi connectivity index (χ3v) is 4.00. The fraction of sp³-hybridized carbons (Fsp3) is 0.562. The summed E-state index contributed by atoms with van der Waals surface area (Å²) in [6, 6.07) is 8.66. The maximum atomic E-state index is 9.10. The largest absolute Gasteiger partial charge is 0.192 e. The Kier molecular flexibility index (Phi) is 4.75. The van der Waals surface area contributed by atoms with E-state index in [0.717, 1.165) is 31.2 Å². The number of nitriles is 1. The molecule has 0 aliphatic carbocycles. The molecule has 0 aromatic heterocycles. The second-order valence-electron chi connectivity index (χ2n) is 5.00. The lowest BCUT2D eigenvalue weighted by Gasteiger charge is -2.28. The molecule has 92 valence electrons. The van der Waals surface area contributed by atoms with Crippen LogP contribution in [-0.2, 0) is 11.8 Å². The Bertz CT molecular complexity index is 408. The van der Waals surface area contributed by atoms with Crippen molar-refractivity contribution in [2.24, 2.45) is 0 Å². The topological polar surface area (TPSA) is 23.8 Å². The first-order chi connectivity index (χ1) is 8.11. The van der Waals surface area contributed by atoms with Crippen molar-refractivity contribution in [1.82, 2.24) is 0 Å². The van der Waals surface area contributed by atoms with Gasteiger partial charge in [-0.3, -0.25) is 0 Å². The molecule has 0 amide bonds. The Morgan fingerprint density at radius 1 is 1.18 bits per heavy atom. The minimum absolute atomic E-state index is 0.247. The zero-order valence-electron chi connectivity index (χ0n) is 11.5. The predicted octanol–water partition coefficient (Wildman–Crippen LogP) is 4.59. The molecule has 0 spiro atoms. The van der Waals surface area contributed by atoms with Gasteiger partial charge in [-0.2, -0.15) is 5.26 Å². The summed E-state index contributed by atoms with van der Waals surface area (Å²) in [6.07, 6.45) is 4.37. The quantitative estimate of drug-likeness (QED) is 0.724. The lowest BCUT2D eigenvalue weighted by Crippen LogP contribution is -2.19. The molecule has 0 aliphatic rings. The first-order valence-electron chi connectivity index (χ1n) is 6.64. The van der Waals surface area contributed by atoms with E-state index in [2.05, 4.69) is 45.9 Å². The van der Waals surface area contributed by atoms with Crippen molar-refractivity contribution >= 4 is 0 Å². The third-order valence-electron chi connectivity index (χ3n) is 4.00. The van der Waals surface area contributed by atoms with Crippen LogP contribution in [0.4, 0.5) is 0 Å². The highest BCUT2D eigenvalue weighted by Gasteiger charge is 2.22. The zero-order valence-corrected chi connectivity index (χ0v) is 11.5. The second kappa shape index (κ2) is 5.87. The van der Waals surface area contributed by atoms with E-state index in [1.54, 1.807) is 0 Å². The van der Waals surface area contributed by atoms with Gasteiger partial charge in [-0.15, -0.1) is 0 Å². The van der Waals surface area contributed by atoms with Crippen LogP contribution < -0.4 is 0 Å². The fourth-order valence-corrected chi connectivity index (χ4v) is 2.21. The van der Waals surface area contributed by atoms with Crippen LogP contribution in [0.2, 0.25) is 0 Å². The highest BCUT2D eigenvalue weighted by Crippen LogP contribution is 2.32. The maximum Gasteiger partial charge on any atom is 0.0994 e. The van der Waals surface area contributed by atoms with E-state index in [0.29, 0.717) is 0 Å². The Morgan fingerprint density at radius 3 is 2.29 bits per heavy atom. The van der Waals surface area contributed by atoms with Gasteiger partial charge in [0.1, 0.15) is 0 Å². The number of aryl methyl sites for hydroxylation is 1. The molecule has 0 saturated heterocycles. The molecule has 0 radical (unpaired) electrons. The lowest BCUT2D eigenvalue weighted by molar-refractivity contribution is 0.438. The van der Waals surface area contributed by atoms with Crippen molar-refractivity contribution in [3.63, 3.8) is 0 Å². The van der Waals surface area contributed by atoms with Crippen LogP contribution in [0.3, 0.4) is 0 Å². The van der Waals surface area contributed by atoms with Crippen molar-refractivity contribution in [3.8, 4) is 6.07 Å². The first kappa shape index (κ1) is 13.8. The minimum Gasteiger partial charge on any atom is -0.192 e. The smallest absolute Gasteiger partial charge is 0.0994 e. The molecule has 0 atom stereocenters. The number of benzene rings is 1. The SMILES string of the molecule is CCCc1cc(C(C)(CC)CC)ccc1C#N. The summed E-state index contributed by atoms with van der Waals surface area (Å²) < 4.78 is 0. The van der Waals surface area contributed by atoms with E-state index < -0.39 is 0 Å². The molecule has 0 N–H and O–H groups in total. The van der Waals surface area contributed by atoms with Crippen LogP contribution in [-0.4, -0.2) is 0 Å². The predicted molar refractivity (Wildman–Crippen MR) is 73.1 cm³/mol. The number of nitrogens with zero attached hydrogens (tertiary/aromatic N) is 1. The summed E-state index contributed by atoms with van der Waals surface area (Å²) in [5, 5.41) is 9.10. The molecule has 0 aliphatic heterocycles. The van der Waals surface area contributed by atoms with Gasteiger partial charge in [0, 0.05) is 0 Å². The van der Waals surface area contributed by atoms with Gasteiger partial charge in [0.25, 0.3) is 0 Å². The van der Waals surface area contributed by atoms with Gasteiger partial charge in [-0.05, 0) is 41.9 Å². The van der Waals surface area contributed by atoms with Crippen LogP contribution in [0.15, 0.2) is 18.2 Å². The molecule has 1 aromatic carbocycles. The summed E-state index contributed by atoms with van der Waals surface area (Å²) in [7, 11) is 0. The highest BCUT2D eigenvalue weighted by molar-refractivity contribution is 5.42. The summed E-state index contributed by atoms with van der Waals surface area (Å²) in [6.45, 7) is 8.94. The third kappa shape index (κ3) is 2.88. The normalized spacial score (nSPS) is 11.2. The highest BCUT2D eigenvalue weighted by atomic mass is 14.3. The van der Waals surface area contributed by atoms with E-state index in [-0.39, 0.29) is 5.41 Å². The molecule has 1 nitrogen and oxygen atoms in total. The fourth-order valence-electron chi connectivity index (χ4n) is 2.21. The molecule has 17 heavy (non-hydrogen) atoms. The molecular weight excluding hydrogens is 206 g/mol. The molecule has 1 heteroatoms.